The van der Waals surface area contributed by atoms with Crippen LogP contribution in [0.25, 0.3) is 11.0 Å². The molecular formula is C21H24N8O2S. The average Bonchev–Trinajstić information content (AvgIpc) is 3.55. The molecule has 166 valence electrons. The van der Waals surface area contributed by atoms with Gasteiger partial charge >= 0.3 is 6.03 Å². The van der Waals surface area contributed by atoms with E-state index in [1.54, 1.807) is 13.3 Å². The fourth-order valence-electron chi connectivity index (χ4n) is 5.05. The largest absolute Gasteiger partial charge is 0.377 e. The fourth-order valence-corrected chi connectivity index (χ4v) is 5.62. The van der Waals surface area contributed by atoms with Crippen LogP contribution < -0.4 is 10.2 Å². The molecule has 0 spiro atoms. The van der Waals surface area contributed by atoms with Gasteiger partial charge in [0.1, 0.15) is 18.3 Å². The van der Waals surface area contributed by atoms with Gasteiger partial charge in [-0.05, 0) is 30.7 Å². The van der Waals surface area contributed by atoms with Crippen molar-refractivity contribution >= 4 is 39.4 Å². The SMILES string of the molecule is COCc1nsc(NC(=O)N2CC3C[C@@H](N(C)c4c(C#N)cnc5[nH]ccc45)C[C@@H]3C2)n1. The van der Waals surface area contributed by atoms with Crippen molar-refractivity contribution in [3.63, 3.8) is 0 Å². The quantitative estimate of drug-likeness (QED) is 0.610. The number of nitrogens with one attached hydrogen (secondary N) is 2. The Balaban J connectivity index is 1.24. The summed E-state index contributed by atoms with van der Waals surface area (Å²) >= 11 is 1.16. The van der Waals surface area contributed by atoms with Crippen LogP contribution in [0.15, 0.2) is 18.5 Å². The van der Waals surface area contributed by atoms with Crippen molar-refractivity contribution in [3.8, 4) is 6.07 Å². The second-order valence-electron chi connectivity index (χ2n) is 8.41. The Hall–Kier alpha value is -3.23. The monoisotopic (exact) mass is 452 g/mol. The molecule has 2 N–H and O–H groups in total. The van der Waals surface area contributed by atoms with E-state index in [0.29, 0.717) is 41.0 Å². The third kappa shape index (κ3) is 3.65. The van der Waals surface area contributed by atoms with Gasteiger partial charge in [-0.2, -0.15) is 9.64 Å². The summed E-state index contributed by atoms with van der Waals surface area (Å²) in [7, 11) is 3.65. The highest BCUT2D eigenvalue weighted by atomic mass is 32.1. The Morgan fingerprint density at radius 3 is 2.94 bits per heavy atom. The molecule has 3 aromatic heterocycles. The molecule has 5 rings (SSSR count). The van der Waals surface area contributed by atoms with E-state index < -0.39 is 0 Å². The lowest BCUT2D eigenvalue weighted by Crippen LogP contribution is -2.36. The Morgan fingerprint density at radius 2 is 2.22 bits per heavy atom. The number of nitrogens with zero attached hydrogens (tertiary/aromatic N) is 6. The first-order chi connectivity index (χ1) is 15.6. The van der Waals surface area contributed by atoms with Gasteiger partial charge < -0.3 is 19.5 Å². The summed E-state index contributed by atoms with van der Waals surface area (Å²) in [5.74, 6) is 1.46. The molecule has 2 aliphatic rings. The summed E-state index contributed by atoms with van der Waals surface area (Å²) in [4.78, 5) is 28.6. The third-order valence-corrected chi connectivity index (χ3v) is 7.22. The highest BCUT2D eigenvalue weighted by molar-refractivity contribution is 7.09. The number of likely N-dealkylation sites (tertiary alicyclic amines) is 1. The number of aromatic amines is 1. The minimum atomic E-state index is -0.126. The van der Waals surface area contributed by atoms with Gasteiger partial charge in [0.05, 0.1) is 11.3 Å². The smallest absolute Gasteiger partial charge is 0.323 e. The third-order valence-electron chi connectivity index (χ3n) is 6.55. The number of methoxy groups -OCH3 is 1. The summed E-state index contributed by atoms with van der Waals surface area (Å²) in [5, 5.41) is 13.9. The lowest BCUT2D eigenvalue weighted by atomic mass is 10.0. The van der Waals surface area contributed by atoms with Gasteiger partial charge in [0.2, 0.25) is 5.13 Å². The van der Waals surface area contributed by atoms with Crippen LogP contribution >= 0.6 is 11.5 Å². The number of carbonyl (C=O) groups excluding carboxylic acids is 1. The maximum atomic E-state index is 12.7. The van der Waals surface area contributed by atoms with Gasteiger partial charge in [-0.25, -0.2) is 14.8 Å². The topological polar surface area (TPSA) is 123 Å². The standard InChI is InChI=1S/C21H24N8O2S/c1-28(18-14(7-22)8-24-19-16(18)3-4-23-19)15-5-12-9-29(10-13(12)6-15)21(30)26-20-25-17(11-31-2)27-32-20/h3-4,8,12-13,15H,5-6,9-11H2,1-2H3,(H,23,24)(H,25,26,27,30)/t12-,13?,15+/m1/s1. The van der Waals surface area contributed by atoms with E-state index in [4.69, 9.17) is 4.74 Å². The lowest BCUT2D eigenvalue weighted by Gasteiger charge is -2.29. The molecule has 4 heterocycles. The lowest BCUT2D eigenvalue weighted by molar-refractivity contribution is 0.179. The Kier molecular flexibility index (Phi) is 5.40. The van der Waals surface area contributed by atoms with E-state index in [2.05, 4.69) is 42.7 Å². The van der Waals surface area contributed by atoms with Gasteiger partial charge in [0, 0.05) is 62.6 Å². The van der Waals surface area contributed by atoms with E-state index in [-0.39, 0.29) is 6.03 Å². The molecule has 1 saturated heterocycles. The number of hydrogen-bond acceptors (Lipinski definition) is 8. The molecular weight excluding hydrogens is 428 g/mol. The predicted molar refractivity (Wildman–Crippen MR) is 120 cm³/mol. The summed E-state index contributed by atoms with van der Waals surface area (Å²) in [6, 6.07) is 4.46. The number of pyridine rings is 1. The highest BCUT2D eigenvalue weighted by Gasteiger charge is 2.44. The minimum absolute atomic E-state index is 0.126. The fraction of sp³-hybridized carbons (Fsp3) is 0.476. The number of hydrogen-bond donors (Lipinski definition) is 2. The number of fused-ring (bicyclic) bond motifs is 2. The molecule has 1 unspecified atom stereocenters. The number of ether oxygens (including phenoxy) is 1. The molecule has 0 bridgehead atoms. The zero-order valence-corrected chi connectivity index (χ0v) is 18.7. The summed E-state index contributed by atoms with van der Waals surface area (Å²) in [5.41, 5.74) is 2.31. The van der Waals surface area contributed by atoms with E-state index >= 15 is 0 Å². The number of carbonyl (C=O) groups is 1. The van der Waals surface area contributed by atoms with Crippen LogP contribution in [-0.4, -0.2) is 63.5 Å². The molecule has 0 aromatic carbocycles. The van der Waals surface area contributed by atoms with Crippen LogP contribution in [0.2, 0.25) is 0 Å². The number of nitriles is 1. The van der Waals surface area contributed by atoms with Crippen molar-refractivity contribution < 1.29 is 9.53 Å². The summed E-state index contributed by atoms with van der Waals surface area (Å²) in [6.45, 7) is 1.78. The zero-order chi connectivity index (χ0) is 22.2. The molecule has 0 radical (unpaired) electrons. The number of amides is 2. The first-order valence-corrected chi connectivity index (χ1v) is 11.3. The summed E-state index contributed by atoms with van der Waals surface area (Å²) < 4.78 is 9.19. The van der Waals surface area contributed by atoms with Gasteiger partial charge in [-0.3, -0.25) is 5.32 Å². The van der Waals surface area contributed by atoms with Crippen molar-refractivity contribution in [2.75, 3.05) is 37.5 Å². The Morgan fingerprint density at radius 1 is 1.44 bits per heavy atom. The number of anilines is 2. The maximum Gasteiger partial charge on any atom is 0.323 e. The van der Waals surface area contributed by atoms with Gasteiger partial charge in [-0.15, -0.1) is 0 Å². The van der Waals surface area contributed by atoms with Gasteiger partial charge in [0.15, 0.2) is 5.82 Å². The number of urea groups is 1. The van der Waals surface area contributed by atoms with Gasteiger partial charge in [0.25, 0.3) is 0 Å². The van der Waals surface area contributed by atoms with E-state index in [9.17, 15) is 10.1 Å². The van der Waals surface area contributed by atoms with E-state index in [1.807, 2.05) is 17.2 Å². The normalized spacial score (nSPS) is 22.2. The van der Waals surface area contributed by atoms with E-state index in [0.717, 1.165) is 54.2 Å². The van der Waals surface area contributed by atoms with Crippen LogP contribution in [0.4, 0.5) is 15.6 Å². The van der Waals surface area contributed by atoms with Crippen LogP contribution in [0.5, 0.6) is 0 Å². The van der Waals surface area contributed by atoms with Gasteiger partial charge in [-0.1, -0.05) is 0 Å². The van der Waals surface area contributed by atoms with Crippen LogP contribution in [0, 0.1) is 23.2 Å². The van der Waals surface area contributed by atoms with Crippen LogP contribution in [0.3, 0.4) is 0 Å². The number of aromatic nitrogens is 4. The van der Waals surface area contributed by atoms with Crippen molar-refractivity contribution in [1.82, 2.24) is 24.2 Å². The van der Waals surface area contributed by atoms with E-state index in [1.165, 1.54) is 0 Å². The Labute approximate surface area is 189 Å². The molecule has 32 heavy (non-hydrogen) atoms. The zero-order valence-electron chi connectivity index (χ0n) is 17.9. The van der Waals surface area contributed by atoms with Crippen molar-refractivity contribution in [3.05, 3.63) is 29.8 Å². The second kappa shape index (κ2) is 8.37. The van der Waals surface area contributed by atoms with Crippen molar-refractivity contribution in [1.29, 1.82) is 5.26 Å². The minimum Gasteiger partial charge on any atom is -0.377 e. The molecule has 3 atom stereocenters. The van der Waals surface area contributed by atoms with Crippen LogP contribution in [0.1, 0.15) is 24.2 Å². The second-order valence-corrected chi connectivity index (χ2v) is 9.16. The first kappa shape index (κ1) is 20.7. The first-order valence-electron chi connectivity index (χ1n) is 10.5. The molecule has 11 heteroatoms. The molecule has 10 nitrogen and oxygen atoms in total. The maximum absolute atomic E-state index is 12.7. The average molecular weight is 453 g/mol. The predicted octanol–water partition coefficient (Wildman–Crippen LogP) is 2.81. The highest BCUT2D eigenvalue weighted by Crippen LogP contribution is 2.42. The molecule has 2 fully saturated rings. The molecule has 1 aliphatic heterocycles. The van der Waals surface area contributed by atoms with Crippen molar-refractivity contribution in [2.24, 2.45) is 11.8 Å². The summed E-state index contributed by atoms with van der Waals surface area (Å²) in [6.07, 6.45) is 5.46. The molecule has 1 saturated carbocycles. The Bertz CT molecular complexity index is 1170. The number of rotatable bonds is 5. The molecule has 2 amide bonds. The molecule has 1 aliphatic carbocycles. The number of H-pyrrole nitrogens is 1. The molecule has 3 aromatic rings. The van der Waals surface area contributed by atoms with Crippen molar-refractivity contribution in [2.45, 2.75) is 25.5 Å². The van der Waals surface area contributed by atoms with Crippen LogP contribution in [-0.2, 0) is 11.3 Å².